The molecule has 21 heavy (non-hydrogen) atoms. The second-order valence-electron chi connectivity index (χ2n) is 5.08. The summed E-state index contributed by atoms with van der Waals surface area (Å²) in [7, 11) is 1.89. The molecule has 5 heteroatoms. The van der Waals surface area contributed by atoms with Crippen LogP contribution in [-0.4, -0.2) is 16.3 Å². The molecule has 0 radical (unpaired) electrons. The standard InChI is InChI=1S/C16H21F2N3/c1-4-12-9-13(21(3)20-12)10-16(19-5-2)14-7-6-11(17)8-15(14)18/h6-9,16,19H,4-5,10H2,1-3H3. The molecule has 1 aromatic carbocycles. The first-order chi connectivity index (χ1) is 10.0. The number of hydrogen-bond acceptors (Lipinski definition) is 2. The van der Waals surface area contributed by atoms with Gasteiger partial charge >= 0.3 is 0 Å². The number of benzene rings is 1. The van der Waals surface area contributed by atoms with Crippen molar-refractivity contribution in [3.63, 3.8) is 0 Å². The van der Waals surface area contributed by atoms with Crippen LogP contribution in [0.3, 0.4) is 0 Å². The molecule has 1 atom stereocenters. The molecule has 0 spiro atoms. The summed E-state index contributed by atoms with van der Waals surface area (Å²) < 4.78 is 28.9. The fourth-order valence-electron chi connectivity index (χ4n) is 2.47. The SMILES string of the molecule is CCNC(Cc1cc(CC)nn1C)c1ccc(F)cc1F. The lowest BCUT2D eigenvalue weighted by Gasteiger charge is -2.19. The highest BCUT2D eigenvalue weighted by Gasteiger charge is 2.18. The summed E-state index contributed by atoms with van der Waals surface area (Å²) in [5.41, 5.74) is 2.53. The van der Waals surface area contributed by atoms with Gasteiger partial charge in [0, 0.05) is 36.8 Å². The first kappa shape index (κ1) is 15.6. The molecule has 2 aromatic rings. The predicted octanol–water partition coefficient (Wildman–Crippen LogP) is 3.15. The zero-order chi connectivity index (χ0) is 15.4. The minimum atomic E-state index is -0.555. The average molecular weight is 293 g/mol. The van der Waals surface area contributed by atoms with Gasteiger partial charge in [0.05, 0.1) is 5.69 Å². The van der Waals surface area contributed by atoms with Gasteiger partial charge in [-0.25, -0.2) is 8.78 Å². The Balaban J connectivity index is 2.28. The summed E-state index contributed by atoms with van der Waals surface area (Å²) >= 11 is 0. The third-order valence-corrected chi connectivity index (χ3v) is 3.59. The molecule has 0 saturated carbocycles. The topological polar surface area (TPSA) is 29.9 Å². The van der Waals surface area contributed by atoms with E-state index in [2.05, 4.69) is 10.4 Å². The molecule has 0 aliphatic rings. The van der Waals surface area contributed by atoms with Crippen LogP contribution in [0.25, 0.3) is 0 Å². The van der Waals surface area contributed by atoms with Gasteiger partial charge in [-0.1, -0.05) is 19.9 Å². The van der Waals surface area contributed by atoms with Crippen LogP contribution in [0.2, 0.25) is 0 Å². The minimum absolute atomic E-state index is 0.198. The molecule has 0 bridgehead atoms. The molecule has 1 N–H and O–H groups in total. The molecule has 1 aromatic heterocycles. The van der Waals surface area contributed by atoms with E-state index >= 15 is 0 Å². The van der Waals surface area contributed by atoms with Crippen LogP contribution in [0.1, 0.15) is 36.8 Å². The van der Waals surface area contributed by atoms with E-state index in [4.69, 9.17) is 0 Å². The Morgan fingerprint density at radius 1 is 1.24 bits per heavy atom. The number of halogens is 2. The van der Waals surface area contributed by atoms with Gasteiger partial charge in [0.25, 0.3) is 0 Å². The number of nitrogens with one attached hydrogen (secondary N) is 1. The molecule has 0 amide bonds. The Hall–Kier alpha value is -1.75. The Kier molecular flexibility index (Phi) is 5.07. The first-order valence-corrected chi connectivity index (χ1v) is 7.25. The third-order valence-electron chi connectivity index (χ3n) is 3.59. The minimum Gasteiger partial charge on any atom is -0.310 e. The molecular weight excluding hydrogens is 272 g/mol. The number of aryl methyl sites for hydroxylation is 2. The van der Waals surface area contributed by atoms with Crippen LogP contribution in [0.5, 0.6) is 0 Å². The fourth-order valence-corrected chi connectivity index (χ4v) is 2.47. The highest BCUT2D eigenvalue weighted by molar-refractivity contribution is 5.24. The van der Waals surface area contributed by atoms with Gasteiger partial charge in [-0.2, -0.15) is 5.10 Å². The third kappa shape index (κ3) is 3.67. The Labute approximate surface area is 124 Å². The number of likely N-dealkylation sites (N-methyl/N-ethyl adjacent to an activating group) is 1. The zero-order valence-corrected chi connectivity index (χ0v) is 12.7. The molecule has 0 aliphatic carbocycles. The van der Waals surface area contributed by atoms with Gasteiger partial charge in [0.1, 0.15) is 11.6 Å². The van der Waals surface area contributed by atoms with E-state index in [0.29, 0.717) is 18.5 Å². The van der Waals surface area contributed by atoms with Crippen molar-refractivity contribution >= 4 is 0 Å². The van der Waals surface area contributed by atoms with Gasteiger partial charge in [0.15, 0.2) is 0 Å². The number of rotatable bonds is 6. The molecule has 2 rings (SSSR count). The Morgan fingerprint density at radius 2 is 2.00 bits per heavy atom. The van der Waals surface area contributed by atoms with E-state index < -0.39 is 11.6 Å². The maximum atomic E-state index is 14.0. The maximum absolute atomic E-state index is 14.0. The molecular formula is C16H21F2N3. The quantitative estimate of drug-likeness (QED) is 0.886. The summed E-state index contributed by atoms with van der Waals surface area (Å²) in [6.45, 7) is 4.72. The molecule has 0 aliphatic heterocycles. The van der Waals surface area contributed by atoms with E-state index in [9.17, 15) is 8.78 Å². The second-order valence-corrected chi connectivity index (χ2v) is 5.08. The largest absolute Gasteiger partial charge is 0.310 e. The molecule has 3 nitrogen and oxygen atoms in total. The van der Waals surface area contributed by atoms with Crippen LogP contribution in [0.4, 0.5) is 8.78 Å². The van der Waals surface area contributed by atoms with Crippen LogP contribution in [0, 0.1) is 11.6 Å². The summed E-state index contributed by atoms with van der Waals surface area (Å²) in [6, 6.07) is 5.57. The fraction of sp³-hybridized carbons (Fsp3) is 0.438. The number of aromatic nitrogens is 2. The summed E-state index contributed by atoms with van der Waals surface area (Å²) in [6.07, 6.45) is 1.48. The lowest BCUT2D eigenvalue weighted by molar-refractivity contribution is 0.491. The summed E-state index contributed by atoms with van der Waals surface area (Å²) in [4.78, 5) is 0. The van der Waals surface area contributed by atoms with Crippen molar-refractivity contribution in [3.8, 4) is 0 Å². The molecule has 0 saturated heterocycles. The van der Waals surface area contributed by atoms with Crippen LogP contribution in [-0.2, 0) is 19.9 Å². The van der Waals surface area contributed by atoms with Gasteiger partial charge in [-0.3, -0.25) is 4.68 Å². The van der Waals surface area contributed by atoms with Crippen molar-refractivity contribution in [1.29, 1.82) is 0 Å². The molecule has 1 heterocycles. The Morgan fingerprint density at radius 3 is 2.57 bits per heavy atom. The number of hydrogen-bond donors (Lipinski definition) is 1. The highest BCUT2D eigenvalue weighted by atomic mass is 19.1. The lowest BCUT2D eigenvalue weighted by Crippen LogP contribution is -2.25. The van der Waals surface area contributed by atoms with E-state index in [0.717, 1.165) is 23.9 Å². The number of nitrogens with zero attached hydrogens (tertiary/aromatic N) is 2. The highest BCUT2D eigenvalue weighted by Crippen LogP contribution is 2.22. The van der Waals surface area contributed by atoms with Gasteiger partial charge in [-0.05, 0) is 25.1 Å². The van der Waals surface area contributed by atoms with Gasteiger partial charge in [0.2, 0.25) is 0 Å². The summed E-state index contributed by atoms with van der Waals surface area (Å²) in [5, 5.41) is 7.67. The zero-order valence-electron chi connectivity index (χ0n) is 12.7. The van der Waals surface area contributed by atoms with Crippen molar-refractivity contribution in [2.75, 3.05) is 6.54 Å². The second kappa shape index (κ2) is 6.80. The van der Waals surface area contributed by atoms with Crippen molar-refractivity contribution < 1.29 is 8.78 Å². The predicted molar refractivity (Wildman–Crippen MR) is 79.1 cm³/mol. The monoisotopic (exact) mass is 293 g/mol. The Bertz CT molecular complexity index is 608. The molecule has 114 valence electrons. The summed E-state index contributed by atoms with van der Waals surface area (Å²) in [5.74, 6) is -1.07. The van der Waals surface area contributed by atoms with E-state index in [1.165, 1.54) is 12.1 Å². The van der Waals surface area contributed by atoms with Gasteiger partial charge in [-0.15, -0.1) is 0 Å². The van der Waals surface area contributed by atoms with Crippen molar-refractivity contribution in [2.24, 2.45) is 7.05 Å². The van der Waals surface area contributed by atoms with Crippen molar-refractivity contribution in [1.82, 2.24) is 15.1 Å². The van der Waals surface area contributed by atoms with Crippen LogP contribution >= 0.6 is 0 Å². The first-order valence-electron chi connectivity index (χ1n) is 7.25. The lowest BCUT2D eigenvalue weighted by atomic mass is 10.0. The van der Waals surface area contributed by atoms with Gasteiger partial charge < -0.3 is 5.32 Å². The average Bonchev–Trinajstić information content (AvgIpc) is 2.79. The van der Waals surface area contributed by atoms with E-state index in [1.54, 1.807) is 0 Å². The smallest absolute Gasteiger partial charge is 0.130 e. The normalized spacial score (nSPS) is 12.6. The van der Waals surface area contributed by atoms with E-state index in [-0.39, 0.29) is 6.04 Å². The van der Waals surface area contributed by atoms with Crippen molar-refractivity contribution in [3.05, 3.63) is 52.9 Å². The van der Waals surface area contributed by atoms with Crippen LogP contribution < -0.4 is 5.32 Å². The van der Waals surface area contributed by atoms with Crippen molar-refractivity contribution in [2.45, 2.75) is 32.7 Å². The van der Waals surface area contributed by atoms with E-state index in [1.807, 2.05) is 31.6 Å². The molecule has 0 fully saturated rings. The van der Waals surface area contributed by atoms with Crippen LogP contribution in [0.15, 0.2) is 24.3 Å². The maximum Gasteiger partial charge on any atom is 0.130 e. The molecule has 1 unspecified atom stereocenters.